The summed E-state index contributed by atoms with van der Waals surface area (Å²) in [5, 5.41) is 3.42. The summed E-state index contributed by atoms with van der Waals surface area (Å²) in [6.07, 6.45) is 5.29. The zero-order chi connectivity index (χ0) is 20.2. The Kier molecular flexibility index (Phi) is 5.65. The van der Waals surface area contributed by atoms with Gasteiger partial charge in [0, 0.05) is 23.2 Å². The van der Waals surface area contributed by atoms with Gasteiger partial charge in [-0.2, -0.15) is 0 Å². The van der Waals surface area contributed by atoms with E-state index in [2.05, 4.69) is 5.32 Å². The summed E-state index contributed by atoms with van der Waals surface area (Å²) in [6.45, 7) is 2.53. The topological polar surface area (TPSA) is 68.5 Å². The maximum Gasteiger partial charge on any atom is 0.227 e. The van der Waals surface area contributed by atoms with Crippen LogP contribution < -0.4 is 15.5 Å². The van der Waals surface area contributed by atoms with Crippen LogP contribution in [-0.4, -0.2) is 12.5 Å². The highest BCUT2D eigenvalue weighted by atomic mass is 16.5. The fraction of sp³-hybridized carbons (Fsp3) is 0.333. The predicted molar refractivity (Wildman–Crippen MR) is 114 cm³/mol. The summed E-state index contributed by atoms with van der Waals surface area (Å²) in [7, 11) is 0. The zero-order valence-corrected chi connectivity index (χ0v) is 16.6. The van der Waals surface area contributed by atoms with Gasteiger partial charge in [0.2, 0.25) is 5.91 Å². The van der Waals surface area contributed by atoms with Gasteiger partial charge in [-0.3, -0.25) is 9.59 Å². The number of nitrogens with one attached hydrogen (secondary N) is 1. The molecule has 5 heteroatoms. The molecule has 0 spiro atoms. The number of hydrogen-bond donors (Lipinski definition) is 1. The lowest BCUT2D eigenvalue weighted by atomic mass is 9.88. The van der Waals surface area contributed by atoms with E-state index in [-0.39, 0.29) is 17.3 Å². The number of carbonyl (C=O) groups excluding carboxylic acids is 1. The van der Waals surface area contributed by atoms with Crippen LogP contribution in [0.1, 0.15) is 39.0 Å². The molecular formula is C24H25NO4. The van der Waals surface area contributed by atoms with Crippen LogP contribution in [-0.2, 0) is 4.79 Å². The summed E-state index contributed by atoms with van der Waals surface area (Å²) < 4.78 is 11.4. The molecule has 0 saturated heterocycles. The maximum absolute atomic E-state index is 12.7. The van der Waals surface area contributed by atoms with Gasteiger partial charge in [-0.05, 0) is 62.2 Å². The molecule has 0 unspecified atom stereocenters. The number of hydrogen-bond acceptors (Lipinski definition) is 4. The molecule has 3 aromatic rings. The van der Waals surface area contributed by atoms with Crippen LogP contribution in [0.5, 0.6) is 5.75 Å². The molecule has 2 aromatic carbocycles. The first-order chi connectivity index (χ1) is 14.1. The highest BCUT2D eigenvalue weighted by molar-refractivity contribution is 5.94. The highest BCUT2D eigenvalue weighted by Gasteiger charge is 2.21. The van der Waals surface area contributed by atoms with Gasteiger partial charge < -0.3 is 14.5 Å². The minimum atomic E-state index is -0.135. The van der Waals surface area contributed by atoms with Gasteiger partial charge in [-0.25, -0.2) is 0 Å². The molecule has 1 fully saturated rings. The van der Waals surface area contributed by atoms with Gasteiger partial charge in [0.15, 0.2) is 5.43 Å². The number of carbonyl (C=O) groups is 1. The average molecular weight is 391 g/mol. The van der Waals surface area contributed by atoms with E-state index in [9.17, 15) is 9.59 Å². The van der Waals surface area contributed by atoms with Crippen LogP contribution in [0.25, 0.3) is 22.3 Å². The molecule has 1 amide bonds. The van der Waals surface area contributed by atoms with E-state index in [0.717, 1.165) is 37.0 Å². The van der Waals surface area contributed by atoms with Crippen molar-refractivity contribution in [2.45, 2.75) is 39.0 Å². The Hall–Kier alpha value is -3.08. The van der Waals surface area contributed by atoms with E-state index in [1.807, 2.05) is 31.2 Å². The van der Waals surface area contributed by atoms with Gasteiger partial charge >= 0.3 is 0 Å². The van der Waals surface area contributed by atoms with E-state index in [1.165, 1.54) is 12.5 Å². The Morgan fingerprint density at radius 1 is 1.07 bits per heavy atom. The smallest absolute Gasteiger partial charge is 0.227 e. The van der Waals surface area contributed by atoms with Crippen LogP contribution in [0.4, 0.5) is 5.69 Å². The molecular weight excluding hydrogens is 366 g/mol. The standard InChI is InChI=1S/C24H25NO4/c1-2-28-19-11-8-16(9-12-19)23-15-21(26)20-14-18(10-13-22(20)29-23)25-24(27)17-6-4-3-5-7-17/h8-15,17H,2-7H2,1H3,(H,25,27). The molecule has 0 bridgehead atoms. The molecule has 1 heterocycles. The molecule has 29 heavy (non-hydrogen) atoms. The molecule has 5 nitrogen and oxygen atoms in total. The Balaban J connectivity index is 1.58. The second-order valence-electron chi connectivity index (χ2n) is 7.47. The molecule has 1 N–H and O–H groups in total. The van der Waals surface area contributed by atoms with Crippen LogP contribution >= 0.6 is 0 Å². The molecule has 4 rings (SSSR count). The molecule has 1 aliphatic rings. The van der Waals surface area contributed by atoms with Crippen molar-refractivity contribution in [3.63, 3.8) is 0 Å². The van der Waals surface area contributed by atoms with Crippen molar-refractivity contribution >= 4 is 22.6 Å². The summed E-state index contributed by atoms with van der Waals surface area (Å²) >= 11 is 0. The molecule has 1 aliphatic carbocycles. The monoisotopic (exact) mass is 391 g/mol. The normalized spacial score (nSPS) is 14.7. The number of fused-ring (bicyclic) bond motifs is 1. The molecule has 1 aromatic heterocycles. The van der Waals surface area contributed by atoms with Crippen LogP contribution in [0.2, 0.25) is 0 Å². The summed E-state index contributed by atoms with van der Waals surface area (Å²) in [5.41, 5.74) is 1.80. The van der Waals surface area contributed by atoms with E-state index in [1.54, 1.807) is 18.2 Å². The zero-order valence-electron chi connectivity index (χ0n) is 16.6. The fourth-order valence-corrected chi connectivity index (χ4v) is 3.87. The minimum absolute atomic E-state index is 0.0412. The number of anilines is 1. The lowest BCUT2D eigenvalue weighted by Gasteiger charge is -2.20. The third-order valence-corrected chi connectivity index (χ3v) is 5.42. The van der Waals surface area contributed by atoms with E-state index in [4.69, 9.17) is 9.15 Å². The van der Waals surface area contributed by atoms with Gasteiger partial charge in [0.05, 0.1) is 12.0 Å². The van der Waals surface area contributed by atoms with Crippen LogP contribution in [0, 0.1) is 5.92 Å². The SMILES string of the molecule is CCOc1ccc(-c2cc(=O)c3cc(NC(=O)C4CCCCC4)ccc3o2)cc1. The van der Waals surface area contributed by atoms with Gasteiger partial charge in [-0.15, -0.1) is 0 Å². The van der Waals surface area contributed by atoms with Crippen LogP contribution in [0.15, 0.2) is 57.7 Å². The Labute approximate surface area is 169 Å². The molecule has 0 atom stereocenters. The van der Waals surface area contributed by atoms with E-state index < -0.39 is 0 Å². The van der Waals surface area contributed by atoms with Gasteiger partial charge in [0.1, 0.15) is 17.1 Å². The minimum Gasteiger partial charge on any atom is -0.494 e. The van der Waals surface area contributed by atoms with Crippen molar-refractivity contribution in [2.24, 2.45) is 5.92 Å². The van der Waals surface area contributed by atoms with Crippen molar-refractivity contribution in [2.75, 3.05) is 11.9 Å². The highest BCUT2D eigenvalue weighted by Crippen LogP contribution is 2.27. The number of ether oxygens (including phenoxy) is 1. The van der Waals surface area contributed by atoms with E-state index >= 15 is 0 Å². The van der Waals surface area contributed by atoms with E-state index in [0.29, 0.717) is 29.0 Å². The first kappa shape index (κ1) is 19.2. The second kappa shape index (κ2) is 8.52. The quantitative estimate of drug-likeness (QED) is 0.634. The molecule has 150 valence electrons. The van der Waals surface area contributed by atoms with Gasteiger partial charge in [0.25, 0.3) is 0 Å². The average Bonchev–Trinajstić information content (AvgIpc) is 2.75. The van der Waals surface area contributed by atoms with Crippen molar-refractivity contribution in [3.8, 4) is 17.1 Å². The van der Waals surface area contributed by atoms with Crippen molar-refractivity contribution < 1.29 is 13.9 Å². The van der Waals surface area contributed by atoms with Gasteiger partial charge in [-0.1, -0.05) is 19.3 Å². The van der Waals surface area contributed by atoms with Crippen molar-refractivity contribution in [1.29, 1.82) is 0 Å². The number of amides is 1. The Morgan fingerprint density at radius 2 is 1.83 bits per heavy atom. The summed E-state index contributed by atoms with van der Waals surface area (Å²) in [6, 6.07) is 14.2. The fourth-order valence-electron chi connectivity index (χ4n) is 3.87. The predicted octanol–water partition coefficient (Wildman–Crippen LogP) is 5.38. The number of benzene rings is 2. The first-order valence-corrected chi connectivity index (χ1v) is 10.3. The summed E-state index contributed by atoms with van der Waals surface area (Å²) in [5.74, 6) is 1.39. The molecule has 0 radical (unpaired) electrons. The molecule has 0 aliphatic heterocycles. The lowest BCUT2D eigenvalue weighted by molar-refractivity contribution is -0.120. The maximum atomic E-state index is 12.7. The second-order valence-corrected chi connectivity index (χ2v) is 7.47. The third-order valence-electron chi connectivity index (χ3n) is 5.42. The largest absolute Gasteiger partial charge is 0.494 e. The van der Waals surface area contributed by atoms with Crippen LogP contribution in [0.3, 0.4) is 0 Å². The number of rotatable bonds is 5. The molecule has 1 saturated carbocycles. The van der Waals surface area contributed by atoms with Crippen molar-refractivity contribution in [3.05, 3.63) is 58.8 Å². The summed E-state index contributed by atoms with van der Waals surface area (Å²) in [4.78, 5) is 25.2. The Morgan fingerprint density at radius 3 is 2.55 bits per heavy atom. The first-order valence-electron chi connectivity index (χ1n) is 10.3. The lowest BCUT2D eigenvalue weighted by Crippen LogP contribution is -2.24. The Bertz CT molecular complexity index is 1060. The van der Waals surface area contributed by atoms with Crippen molar-refractivity contribution in [1.82, 2.24) is 0 Å². The third kappa shape index (κ3) is 4.34.